The van der Waals surface area contributed by atoms with Crippen molar-refractivity contribution in [1.29, 1.82) is 0 Å². The summed E-state index contributed by atoms with van der Waals surface area (Å²) in [6.07, 6.45) is 2.52. The number of anilines is 1. The number of carbonyl (C=O) groups excluding carboxylic acids is 2. The predicted octanol–water partition coefficient (Wildman–Crippen LogP) is 0.631. The third-order valence-corrected chi connectivity index (χ3v) is 3.91. The summed E-state index contributed by atoms with van der Waals surface area (Å²) in [7, 11) is 1.82. The van der Waals surface area contributed by atoms with Gasteiger partial charge >= 0.3 is 0 Å². The molecule has 0 saturated carbocycles. The summed E-state index contributed by atoms with van der Waals surface area (Å²) in [5.41, 5.74) is 6.72. The first kappa shape index (κ1) is 13.6. The van der Waals surface area contributed by atoms with Crippen LogP contribution in [0.15, 0.2) is 0 Å². The van der Waals surface area contributed by atoms with Crippen LogP contribution in [0.4, 0.5) is 5.82 Å². The molecule has 0 aromatic carbocycles. The molecule has 1 aliphatic heterocycles. The van der Waals surface area contributed by atoms with Gasteiger partial charge in [0.25, 0.3) is 0 Å². The van der Waals surface area contributed by atoms with E-state index in [2.05, 4.69) is 16.9 Å². The fourth-order valence-electron chi connectivity index (χ4n) is 2.78. The van der Waals surface area contributed by atoms with Gasteiger partial charge in [0, 0.05) is 19.6 Å². The summed E-state index contributed by atoms with van der Waals surface area (Å²) < 4.78 is 1.71. The monoisotopic (exact) mass is 264 g/mol. The van der Waals surface area contributed by atoms with Gasteiger partial charge < -0.3 is 10.6 Å². The Bertz CT molecular complexity index is 509. The summed E-state index contributed by atoms with van der Waals surface area (Å²) in [5, 5.41) is 4.29. The van der Waals surface area contributed by atoms with Crippen molar-refractivity contribution in [2.24, 2.45) is 18.7 Å². The lowest BCUT2D eigenvalue weighted by atomic mass is 9.92. The number of nitrogens with two attached hydrogens (primary N) is 1. The molecule has 1 aliphatic rings. The molecular weight excluding hydrogens is 244 g/mol. The van der Waals surface area contributed by atoms with Gasteiger partial charge in [-0.05, 0) is 26.7 Å². The Balaban J connectivity index is 2.38. The number of nitrogens with zero attached hydrogens (tertiary/aromatic N) is 3. The van der Waals surface area contributed by atoms with E-state index in [-0.39, 0.29) is 17.9 Å². The van der Waals surface area contributed by atoms with Gasteiger partial charge in [-0.2, -0.15) is 5.10 Å². The van der Waals surface area contributed by atoms with Crippen LogP contribution >= 0.6 is 0 Å². The van der Waals surface area contributed by atoms with Crippen LogP contribution in [0.25, 0.3) is 0 Å². The molecule has 1 fully saturated rings. The first-order valence-electron chi connectivity index (χ1n) is 6.50. The Morgan fingerprint density at radius 2 is 2.16 bits per heavy atom. The van der Waals surface area contributed by atoms with Crippen LogP contribution in [0.3, 0.4) is 0 Å². The van der Waals surface area contributed by atoms with Crippen molar-refractivity contribution in [2.75, 3.05) is 11.4 Å². The van der Waals surface area contributed by atoms with Gasteiger partial charge in [0.2, 0.25) is 5.91 Å². The molecule has 1 saturated heterocycles. The highest BCUT2D eigenvalue weighted by atomic mass is 16.1. The molecule has 1 aromatic heterocycles. The maximum atomic E-state index is 11.4. The molecule has 19 heavy (non-hydrogen) atoms. The summed E-state index contributed by atoms with van der Waals surface area (Å²) in [6.45, 7) is 4.46. The van der Waals surface area contributed by atoms with Crippen LogP contribution in [0, 0.1) is 12.8 Å². The van der Waals surface area contributed by atoms with Crippen LogP contribution < -0.4 is 10.6 Å². The number of piperidine rings is 1. The highest BCUT2D eigenvalue weighted by Crippen LogP contribution is 2.30. The van der Waals surface area contributed by atoms with Gasteiger partial charge in [-0.1, -0.05) is 0 Å². The lowest BCUT2D eigenvalue weighted by Gasteiger charge is -2.38. The number of hydrogen-bond acceptors (Lipinski definition) is 4. The van der Waals surface area contributed by atoms with Crippen molar-refractivity contribution in [3.8, 4) is 0 Å². The van der Waals surface area contributed by atoms with Crippen molar-refractivity contribution >= 4 is 18.0 Å². The van der Waals surface area contributed by atoms with Gasteiger partial charge in [-0.15, -0.1) is 0 Å². The lowest BCUT2D eigenvalue weighted by molar-refractivity contribution is -0.122. The lowest BCUT2D eigenvalue weighted by Crippen LogP contribution is -2.47. The molecule has 1 aromatic rings. The molecule has 104 valence electrons. The molecule has 2 N–H and O–H groups in total. The Hall–Kier alpha value is -1.85. The third-order valence-electron chi connectivity index (χ3n) is 3.91. The maximum Gasteiger partial charge on any atom is 0.222 e. The van der Waals surface area contributed by atoms with Gasteiger partial charge in [0.15, 0.2) is 6.29 Å². The van der Waals surface area contributed by atoms with E-state index in [1.54, 1.807) is 4.68 Å². The molecule has 2 atom stereocenters. The molecule has 0 aliphatic carbocycles. The minimum absolute atomic E-state index is 0.161. The van der Waals surface area contributed by atoms with E-state index < -0.39 is 0 Å². The molecule has 0 radical (unpaired) electrons. The highest BCUT2D eigenvalue weighted by molar-refractivity contribution is 5.85. The number of aldehydes is 1. The van der Waals surface area contributed by atoms with Crippen molar-refractivity contribution in [1.82, 2.24) is 9.78 Å². The quantitative estimate of drug-likeness (QED) is 0.812. The number of carbonyl (C=O) groups is 2. The number of rotatable bonds is 3. The van der Waals surface area contributed by atoms with Crippen LogP contribution in [-0.2, 0) is 11.8 Å². The molecule has 2 rings (SSSR count). The van der Waals surface area contributed by atoms with Crippen LogP contribution in [-0.4, -0.2) is 34.6 Å². The molecule has 6 heteroatoms. The number of amides is 1. The summed E-state index contributed by atoms with van der Waals surface area (Å²) in [6, 6.07) is 0.268. The number of primary amides is 1. The largest absolute Gasteiger partial charge is 0.369 e. The minimum atomic E-state index is -0.275. The maximum absolute atomic E-state index is 11.4. The Labute approximate surface area is 112 Å². The molecule has 0 spiro atoms. The standard InChI is InChI=1S/C13H20N4O2/c1-8-4-5-10(12(14)19)6-17(8)13-11(7-18)9(2)15-16(13)3/h7-8,10H,4-6H2,1-3H3,(H2,14,19). The zero-order chi connectivity index (χ0) is 14.2. The average Bonchev–Trinajstić information content (AvgIpc) is 2.63. The smallest absolute Gasteiger partial charge is 0.222 e. The molecule has 2 unspecified atom stereocenters. The Morgan fingerprint density at radius 3 is 2.74 bits per heavy atom. The Morgan fingerprint density at radius 1 is 1.47 bits per heavy atom. The fraction of sp³-hybridized carbons (Fsp3) is 0.615. The van der Waals surface area contributed by atoms with Gasteiger partial charge in [-0.25, -0.2) is 0 Å². The zero-order valence-corrected chi connectivity index (χ0v) is 11.6. The van der Waals surface area contributed by atoms with Crippen molar-refractivity contribution < 1.29 is 9.59 Å². The van der Waals surface area contributed by atoms with Gasteiger partial charge in [0.05, 0.1) is 17.2 Å². The van der Waals surface area contributed by atoms with E-state index in [4.69, 9.17) is 5.73 Å². The van der Waals surface area contributed by atoms with E-state index in [0.29, 0.717) is 17.8 Å². The van der Waals surface area contributed by atoms with E-state index in [1.165, 1.54) is 0 Å². The van der Waals surface area contributed by atoms with E-state index in [1.807, 2.05) is 14.0 Å². The van der Waals surface area contributed by atoms with Gasteiger partial charge in [-0.3, -0.25) is 14.3 Å². The van der Waals surface area contributed by atoms with Gasteiger partial charge in [0.1, 0.15) is 5.82 Å². The second-order valence-electron chi connectivity index (χ2n) is 5.24. The van der Waals surface area contributed by atoms with Crippen molar-refractivity contribution in [3.05, 3.63) is 11.3 Å². The molecule has 2 heterocycles. The number of aromatic nitrogens is 2. The van der Waals surface area contributed by atoms with Crippen LogP contribution in [0.2, 0.25) is 0 Å². The molecule has 0 bridgehead atoms. The first-order chi connectivity index (χ1) is 8.95. The molecule has 1 amide bonds. The second kappa shape index (κ2) is 5.03. The van der Waals surface area contributed by atoms with Crippen molar-refractivity contribution in [3.63, 3.8) is 0 Å². The summed E-state index contributed by atoms with van der Waals surface area (Å²) in [5.74, 6) is 0.348. The first-order valence-corrected chi connectivity index (χ1v) is 6.50. The number of aryl methyl sites for hydroxylation is 2. The normalized spacial score (nSPS) is 23.4. The van der Waals surface area contributed by atoms with Crippen LogP contribution in [0.5, 0.6) is 0 Å². The van der Waals surface area contributed by atoms with Crippen molar-refractivity contribution in [2.45, 2.75) is 32.7 Å². The number of hydrogen-bond donors (Lipinski definition) is 1. The molecule has 6 nitrogen and oxygen atoms in total. The summed E-state index contributed by atoms with van der Waals surface area (Å²) >= 11 is 0. The summed E-state index contributed by atoms with van der Waals surface area (Å²) in [4.78, 5) is 24.7. The minimum Gasteiger partial charge on any atom is -0.369 e. The predicted molar refractivity (Wildman–Crippen MR) is 72.1 cm³/mol. The zero-order valence-electron chi connectivity index (χ0n) is 11.6. The molecular formula is C13H20N4O2. The second-order valence-corrected chi connectivity index (χ2v) is 5.24. The van der Waals surface area contributed by atoms with Crippen LogP contribution in [0.1, 0.15) is 35.8 Å². The highest BCUT2D eigenvalue weighted by Gasteiger charge is 2.32. The van der Waals surface area contributed by atoms with E-state index in [0.717, 1.165) is 24.9 Å². The topological polar surface area (TPSA) is 81.2 Å². The average molecular weight is 264 g/mol. The SMILES string of the molecule is Cc1nn(C)c(N2CC(C(N)=O)CCC2C)c1C=O. The van der Waals surface area contributed by atoms with E-state index >= 15 is 0 Å². The van der Waals surface area contributed by atoms with E-state index in [9.17, 15) is 9.59 Å². The Kier molecular flexibility index (Phi) is 3.59. The third kappa shape index (κ3) is 2.34. The fourth-order valence-corrected chi connectivity index (χ4v) is 2.78.